The summed E-state index contributed by atoms with van der Waals surface area (Å²) in [7, 11) is 1.59. The van der Waals surface area contributed by atoms with Crippen LogP contribution < -0.4 is 10.5 Å². The van der Waals surface area contributed by atoms with Gasteiger partial charge < -0.3 is 15.4 Å². The maximum absolute atomic E-state index is 14.2. The summed E-state index contributed by atoms with van der Waals surface area (Å²) in [5.41, 5.74) is 9.92. The monoisotopic (exact) mass is 436 g/mol. The maximum Gasteiger partial charge on any atom is 0.256 e. The lowest BCUT2D eigenvalue weighted by molar-refractivity contribution is 0.0737. The number of rotatable bonds is 4. The number of fused-ring (bicyclic) bond motifs is 3. The molecule has 0 aliphatic carbocycles. The quantitative estimate of drug-likeness (QED) is 0.454. The molecule has 31 heavy (non-hydrogen) atoms. The number of halogens is 2. The molecule has 0 bridgehead atoms. The summed E-state index contributed by atoms with van der Waals surface area (Å²) in [6.45, 7) is 0.286. The van der Waals surface area contributed by atoms with Crippen LogP contribution in [0.5, 0.6) is 5.75 Å². The fourth-order valence-corrected chi connectivity index (χ4v) is 4.43. The van der Waals surface area contributed by atoms with Crippen LogP contribution in [0.1, 0.15) is 33.1 Å². The van der Waals surface area contributed by atoms with Crippen molar-refractivity contribution in [3.63, 3.8) is 0 Å². The molecule has 2 heterocycles. The van der Waals surface area contributed by atoms with Crippen molar-refractivity contribution in [3.8, 4) is 5.75 Å². The van der Waals surface area contributed by atoms with Gasteiger partial charge in [0.05, 0.1) is 30.4 Å². The molecule has 3 N–H and O–H groups in total. The van der Waals surface area contributed by atoms with Gasteiger partial charge in [-0.1, -0.05) is 23.7 Å². The molecule has 0 spiro atoms. The number of H-pyrrole nitrogens is 1. The largest absolute Gasteiger partial charge is 0.497 e. The minimum atomic E-state index is -0.632. The van der Waals surface area contributed by atoms with E-state index < -0.39 is 11.9 Å². The van der Waals surface area contributed by atoms with Crippen LogP contribution in [0.15, 0.2) is 54.7 Å². The average molecular weight is 437 g/mol. The number of carbonyl (C=O) groups is 1. The zero-order chi connectivity index (χ0) is 21.7. The van der Waals surface area contributed by atoms with Crippen molar-refractivity contribution in [1.29, 1.82) is 0 Å². The molecule has 0 saturated heterocycles. The third-order valence-electron chi connectivity index (χ3n) is 5.64. The second kappa shape index (κ2) is 7.28. The molecule has 1 amide bonds. The van der Waals surface area contributed by atoms with Crippen LogP contribution in [0.4, 0.5) is 10.1 Å². The molecule has 0 fully saturated rings. The Hall–Kier alpha value is -3.58. The number of nitrogens with zero attached hydrogens (tertiary/aromatic N) is 2. The number of ether oxygens (including phenoxy) is 1. The van der Waals surface area contributed by atoms with Crippen molar-refractivity contribution in [2.24, 2.45) is 0 Å². The van der Waals surface area contributed by atoms with E-state index in [1.807, 2.05) is 24.3 Å². The summed E-state index contributed by atoms with van der Waals surface area (Å²) in [5.74, 6) is 0.0661. The van der Waals surface area contributed by atoms with E-state index in [-0.39, 0.29) is 12.5 Å². The maximum atomic E-state index is 14.2. The van der Waals surface area contributed by atoms with Crippen LogP contribution in [0, 0.1) is 5.82 Å². The first-order chi connectivity index (χ1) is 15.0. The van der Waals surface area contributed by atoms with Crippen molar-refractivity contribution >= 4 is 34.1 Å². The van der Waals surface area contributed by atoms with Gasteiger partial charge in [0, 0.05) is 33.8 Å². The van der Waals surface area contributed by atoms with Gasteiger partial charge in [-0.05, 0) is 42.0 Å². The summed E-state index contributed by atoms with van der Waals surface area (Å²) in [6.07, 6.45) is 1.60. The van der Waals surface area contributed by atoms with Gasteiger partial charge in [-0.15, -0.1) is 0 Å². The Kier molecular flexibility index (Phi) is 4.55. The lowest BCUT2D eigenvalue weighted by atomic mass is 9.94. The number of hydrogen-bond acceptors (Lipinski definition) is 4. The predicted octanol–water partition coefficient (Wildman–Crippen LogP) is 4.69. The fraction of sp³-hybridized carbons (Fsp3) is 0.130. The fourth-order valence-electron chi connectivity index (χ4n) is 4.21. The van der Waals surface area contributed by atoms with Crippen LogP contribution >= 0.6 is 11.6 Å². The number of methoxy groups -OCH3 is 1. The number of hydrogen-bond donors (Lipinski definition) is 2. The van der Waals surface area contributed by atoms with Crippen molar-refractivity contribution in [2.75, 3.05) is 12.8 Å². The normalized spacial score (nSPS) is 15.5. The summed E-state index contributed by atoms with van der Waals surface area (Å²) in [5, 5.41) is 7.95. The first-order valence-corrected chi connectivity index (χ1v) is 10.00. The highest BCUT2D eigenvalue weighted by Gasteiger charge is 2.41. The molecule has 1 aromatic heterocycles. The van der Waals surface area contributed by atoms with Crippen molar-refractivity contribution in [2.45, 2.75) is 12.6 Å². The van der Waals surface area contributed by atoms with E-state index in [0.717, 1.165) is 5.56 Å². The van der Waals surface area contributed by atoms with Crippen LogP contribution in [-0.2, 0) is 6.54 Å². The molecule has 1 aliphatic rings. The topological polar surface area (TPSA) is 84.2 Å². The minimum absolute atomic E-state index is 0.213. The summed E-state index contributed by atoms with van der Waals surface area (Å²) in [6, 6.07) is 12.7. The van der Waals surface area contributed by atoms with E-state index in [2.05, 4.69) is 10.2 Å². The van der Waals surface area contributed by atoms with E-state index in [9.17, 15) is 9.18 Å². The smallest absolute Gasteiger partial charge is 0.256 e. The number of carbonyl (C=O) groups excluding carboxylic acids is 1. The first-order valence-electron chi connectivity index (χ1n) is 9.62. The van der Waals surface area contributed by atoms with Gasteiger partial charge in [0.15, 0.2) is 0 Å². The lowest BCUT2D eigenvalue weighted by Gasteiger charge is -2.27. The van der Waals surface area contributed by atoms with Crippen LogP contribution in [0.2, 0.25) is 5.02 Å². The van der Waals surface area contributed by atoms with Crippen LogP contribution in [0.25, 0.3) is 10.9 Å². The average Bonchev–Trinajstić information content (AvgIpc) is 3.33. The third-order valence-corrected chi connectivity index (χ3v) is 5.99. The molecule has 0 radical (unpaired) electrons. The highest BCUT2D eigenvalue weighted by molar-refractivity contribution is 6.31. The lowest BCUT2D eigenvalue weighted by Crippen LogP contribution is -2.28. The van der Waals surface area contributed by atoms with Gasteiger partial charge in [-0.2, -0.15) is 5.10 Å². The molecule has 1 unspecified atom stereocenters. The van der Waals surface area contributed by atoms with Gasteiger partial charge >= 0.3 is 0 Å². The molecule has 0 saturated carbocycles. The Morgan fingerprint density at radius 2 is 2.00 bits per heavy atom. The van der Waals surface area contributed by atoms with E-state index in [0.29, 0.717) is 44.1 Å². The number of nitrogen functional groups attached to an aromatic ring is 1. The second-order valence-electron chi connectivity index (χ2n) is 7.44. The second-order valence-corrected chi connectivity index (χ2v) is 7.84. The number of anilines is 1. The third kappa shape index (κ3) is 3.09. The van der Waals surface area contributed by atoms with Gasteiger partial charge in [0.25, 0.3) is 5.91 Å². The predicted molar refractivity (Wildman–Crippen MR) is 117 cm³/mol. The Bertz CT molecular complexity index is 1320. The summed E-state index contributed by atoms with van der Waals surface area (Å²) in [4.78, 5) is 15.3. The molecule has 4 aromatic rings. The van der Waals surface area contributed by atoms with Gasteiger partial charge in [0.2, 0.25) is 0 Å². The van der Waals surface area contributed by atoms with Crippen LogP contribution in [-0.4, -0.2) is 28.1 Å². The number of nitrogens with two attached hydrogens (primary N) is 1. The molecule has 3 aromatic carbocycles. The zero-order valence-corrected chi connectivity index (χ0v) is 17.3. The number of aromatic nitrogens is 2. The summed E-state index contributed by atoms with van der Waals surface area (Å²) < 4.78 is 19.4. The molecule has 5 rings (SSSR count). The number of benzene rings is 3. The molecular formula is C23H18ClFN4O2. The molecule has 8 heteroatoms. The SMILES string of the molecule is COc1ccc(CN2C(=O)c3c(c(N)cc4[nH]ncc34)C2c2cc(F)ccc2Cl)cc1. The Morgan fingerprint density at radius 3 is 2.74 bits per heavy atom. The van der Waals surface area contributed by atoms with Crippen molar-refractivity contribution in [1.82, 2.24) is 15.1 Å². The Labute approximate surface area is 182 Å². The minimum Gasteiger partial charge on any atom is -0.497 e. The highest BCUT2D eigenvalue weighted by Crippen LogP contribution is 2.47. The molecular weight excluding hydrogens is 419 g/mol. The van der Waals surface area contributed by atoms with E-state index in [1.54, 1.807) is 24.3 Å². The Morgan fingerprint density at radius 1 is 1.23 bits per heavy atom. The van der Waals surface area contributed by atoms with Gasteiger partial charge in [-0.25, -0.2) is 4.39 Å². The standard InChI is InChI=1S/C23H18ClFN4O2/c1-31-14-5-2-12(3-6-14)11-29-22(15-8-13(25)4-7-17(15)24)21-18(26)9-19-16(10-27-28-19)20(21)23(29)30/h2-10,22H,11,26H2,1H3,(H,27,28). The number of nitrogens with one attached hydrogen (secondary N) is 1. The Balaban J connectivity index is 1.70. The highest BCUT2D eigenvalue weighted by atomic mass is 35.5. The van der Waals surface area contributed by atoms with Gasteiger partial charge in [-0.3, -0.25) is 9.89 Å². The van der Waals surface area contributed by atoms with E-state index >= 15 is 0 Å². The zero-order valence-electron chi connectivity index (χ0n) is 16.5. The first kappa shape index (κ1) is 19.4. The molecule has 156 valence electrons. The van der Waals surface area contributed by atoms with Crippen LogP contribution in [0.3, 0.4) is 0 Å². The number of amides is 1. The molecule has 1 atom stereocenters. The molecule has 6 nitrogen and oxygen atoms in total. The summed E-state index contributed by atoms with van der Waals surface area (Å²) >= 11 is 6.47. The molecule has 1 aliphatic heterocycles. The van der Waals surface area contributed by atoms with E-state index in [4.69, 9.17) is 22.1 Å². The van der Waals surface area contributed by atoms with Crippen molar-refractivity contribution in [3.05, 3.63) is 87.8 Å². The number of aromatic amines is 1. The van der Waals surface area contributed by atoms with E-state index in [1.165, 1.54) is 18.2 Å². The van der Waals surface area contributed by atoms with Gasteiger partial charge in [0.1, 0.15) is 11.6 Å². The van der Waals surface area contributed by atoms with Crippen molar-refractivity contribution < 1.29 is 13.9 Å².